The summed E-state index contributed by atoms with van der Waals surface area (Å²) in [6, 6.07) is 6.90. The van der Waals surface area contributed by atoms with Gasteiger partial charge in [-0.15, -0.1) is 0 Å². The normalized spacial score (nSPS) is 14.1. The van der Waals surface area contributed by atoms with Gasteiger partial charge in [0.1, 0.15) is 5.76 Å². The predicted molar refractivity (Wildman–Crippen MR) is 99.2 cm³/mol. The molecule has 0 aliphatic carbocycles. The lowest BCUT2D eigenvalue weighted by molar-refractivity contribution is -0.116. The van der Waals surface area contributed by atoms with Crippen LogP contribution in [0.3, 0.4) is 0 Å². The van der Waals surface area contributed by atoms with Gasteiger partial charge < -0.3 is 20.7 Å². The Bertz CT molecular complexity index is 665. The molecule has 1 aromatic rings. The smallest absolute Gasteiger partial charge is 0.263 e. The highest BCUT2D eigenvalue weighted by Gasteiger charge is 2.29. The third kappa shape index (κ3) is 4.92. The van der Waals surface area contributed by atoms with Crippen LogP contribution in [0, 0.1) is 5.41 Å². The SMILES string of the molecule is CCCCCCCC(=O)Nc1ccc(N2CC(O)=C(C=N)C2=O)cc1. The van der Waals surface area contributed by atoms with E-state index < -0.39 is 5.91 Å². The largest absolute Gasteiger partial charge is 0.510 e. The molecule has 0 unspecified atom stereocenters. The number of aliphatic hydroxyl groups is 1. The second-order valence-corrected chi connectivity index (χ2v) is 6.16. The molecule has 0 fully saturated rings. The van der Waals surface area contributed by atoms with E-state index in [1.165, 1.54) is 24.2 Å². The maximum atomic E-state index is 12.1. The number of nitrogens with one attached hydrogen (secondary N) is 2. The average molecular weight is 343 g/mol. The van der Waals surface area contributed by atoms with Gasteiger partial charge in [0.2, 0.25) is 5.91 Å². The Morgan fingerprint density at radius 3 is 2.52 bits per heavy atom. The molecule has 0 radical (unpaired) electrons. The first-order valence-corrected chi connectivity index (χ1v) is 8.71. The van der Waals surface area contributed by atoms with E-state index in [-0.39, 0.29) is 23.8 Å². The Labute approximate surface area is 148 Å². The molecule has 2 amide bonds. The number of rotatable bonds is 9. The van der Waals surface area contributed by atoms with Crippen LogP contribution in [0.5, 0.6) is 0 Å². The highest BCUT2D eigenvalue weighted by atomic mass is 16.3. The topological polar surface area (TPSA) is 93.5 Å². The Morgan fingerprint density at radius 2 is 1.92 bits per heavy atom. The summed E-state index contributed by atoms with van der Waals surface area (Å²) < 4.78 is 0. The molecule has 2 rings (SSSR count). The van der Waals surface area contributed by atoms with Crippen LogP contribution in [0.2, 0.25) is 0 Å². The minimum Gasteiger partial charge on any atom is -0.510 e. The fourth-order valence-corrected chi connectivity index (χ4v) is 2.77. The fourth-order valence-electron chi connectivity index (χ4n) is 2.77. The molecule has 0 bridgehead atoms. The predicted octanol–water partition coefficient (Wildman–Crippen LogP) is 3.79. The lowest BCUT2D eigenvalue weighted by Crippen LogP contribution is -2.27. The van der Waals surface area contributed by atoms with Crippen LogP contribution in [0.25, 0.3) is 0 Å². The molecule has 3 N–H and O–H groups in total. The second kappa shape index (κ2) is 9.01. The van der Waals surface area contributed by atoms with E-state index in [1.54, 1.807) is 24.3 Å². The molecule has 1 aliphatic rings. The number of hydrogen-bond acceptors (Lipinski definition) is 4. The number of aliphatic hydroxyl groups excluding tert-OH is 1. The molecule has 0 atom stereocenters. The van der Waals surface area contributed by atoms with Gasteiger partial charge in [0.15, 0.2) is 0 Å². The first kappa shape index (κ1) is 18.7. The van der Waals surface area contributed by atoms with E-state index in [0.29, 0.717) is 17.8 Å². The summed E-state index contributed by atoms with van der Waals surface area (Å²) >= 11 is 0. The minimum absolute atomic E-state index is 0.00750. The van der Waals surface area contributed by atoms with E-state index in [1.807, 2.05) is 0 Å². The van der Waals surface area contributed by atoms with Gasteiger partial charge >= 0.3 is 0 Å². The summed E-state index contributed by atoms with van der Waals surface area (Å²) in [6.45, 7) is 2.22. The van der Waals surface area contributed by atoms with Crippen LogP contribution in [-0.2, 0) is 9.59 Å². The maximum Gasteiger partial charge on any atom is 0.263 e. The summed E-state index contributed by atoms with van der Waals surface area (Å²) in [6.07, 6.45) is 6.91. The van der Waals surface area contributed by atoms with Gasteiger partial charge in [-0.2, -0.15) is 0 Å². The van der Waals surface area contributed by atoms with Crippen LogP contribution >= 0.6 is 0 Å². The van der Waals surface area contributed by atoms with E-state index in [4.69, 9.17) is 5.41 Å². The number of nitrogens with zero attached hydrogens (tertiary/aromatic N) is 1. The summed E-state index contributed by atoms with van der Waals surface area (Å²) in [4.78, 5) is 25.4. The molecule has 134 valence electrons. The molecule has 0 aromatic heterocycles. The van der Waals surface area contributed by atoms with Gasteiger partial charge in [0.25, 0.3) is 5.91 Å². The molecule has 6 nitrogen and oxygen atoms in total. The van der Waals surface area contributed by atoms with Crippen molar-refractivity contribution in [3.8, 4) is 0 Å². The summed E-state index contributed by atoms with van der Waals surface area (Å²) in [5, 5.41) is 19.7. The van der Waals surface area contributed by atoms with E-state index in [9.17, 15) is 14.7 Å². The van der Waals surface area contributed by atoms with Gasteiger partial charge in [0.05, 0.1) is 12.1 Å². The van der Waals surface area contributed by atoms with Gasteiger partial charge in [-0.05, 0) is 30.7 Å². The molecule has 6 heteroatoms. The first-order chi connectivity index (χ1) is 12.1. The van der Waals surface area contributed by atoms with Crippen molar-refractivity contribution in [2.24, 2.45) is 0 Å². The van der Waals surface area contributed by atoms with Crippen LogP contribution in [0.1, 0.15) is 45.4 Å². The van der Waals surface area contributed by atoms with Crippen molar-refractivity contribution in [3.63, 3.8) is 0 Å². The highest BCUT2D eigenvalue weighted by Crippen LogP contribution is 2.25. The monoisotopic (exact) mass is 343 g/mol. The first-order valence-electron chi connectivity index (χ1n) is 8.71. The quantitative estimate of drug-likeness (QED) is 0.470. The van der Waals surface area contributed by atoms with Gasteiger partial charge in [0, 0.05) is 24.0 Å². The Morgan fingerprint density at radius 1 is 1.24 bits per heavy atom. The Balaban J connectivity index is 1.85. The number of carbonyl (C=O) groups is 2. The van der Waals surface area contributed by atoms with Gasteiger partial charge in [-0.3, -0.25) is 9.59 Å². The van der Waals surface area contributed by atoms with Crippen molar-refractivity contribution >= 4 is 29.4 Å². The van der Waals surface area contributed by atoms with Crippen molar-refractivity contribution in [3.05, 3.63) is 35.6 Å². The average Bonchev–Trinajstić information content (AvgIpc) is 2.89. The molecule has 0 saturated heterocycles. The number of amides is 2. The van der Waals surface area contributed by atoms with E-state index in [2.05, 4.69) is 12.2 Å². The molecule has 25 heavy (non-hydrogen) atoms. The summed E-state index contributed by atoms with van der Waals surface area (Å²) in [7, 11) is 0. The zero-order valence-corrected chi connectivity index (χ0v) is 14.5. The number of benzene rings is 1. The van der Waals surface area contributed by atoms with Crippen molar-refractivity contribution < 1.29 is 14.7 Å². The highest BCUT2D eigenvalue weighted by molar-refractivity contribution is 6.21. The molecule has 1 aromatic carbocycles. The zero-order chi connectivity index (χ0) is 18.2. The van der Waals surface area contributed by atoms with Gasteiger partial charge in [-0.1, -0.05) is 32.6 Å². The van der Waals surface area contributed by atoms with Crippen molar-refractivity contribution in [1.82, 2.24) is 0 Å². The zero-order valence-electron chi connectivity index (χ0n) is 14.5. The van der Waals surface area contributed by atoms with Crippen molar-refractivity contribution in [2.45, 2.75) is 45.4 Å². The van der Waals surface area contributed by atoms with Crippen LogP contribution in [0.4, 0.5) is 11.4 Å². The molecular formula is C19H25N3O3. The third-order valence-corrected chi connectivity index (χ3v) is 4.21. The van der Waals surface area contributed by atoms with Crippen molar-refractivity contribution in [2.75, 3.05) is 16.8 Å². The number of carbonyl (C=O) groups excluding carboxylic acids is 2. The second-order valence-electron chi connectivity index (χ2n) is 6.16. The third-order valence-electron chi connectivity index (χ3n) is 4.21. The van der Waals surface area contributed by atoms with E-state index in [0.717, 1.165) is 19.1 Å². The number of hydrogen-bond donors (Lipinski definition) is 3. The molecule has 1 heterocycles. The molecule has 0 spiro atoms. The van der Waals surface area contributed by atoms with Crippen molar-refractivity contribution in [1.29, 1.82) is 5.41 Å². The molecule has 0 saturated carbocycles. The Hall–Kier alpha value is -2.63. The lowest BCUT2D eigenvalue weighted by atomic mass is 10.1. The number of unbranched alkanes of at least 4 members (excludes halogenated alkanes) is 4. The van der Waals surface area contributed by atoms with E-state index >= 15 is 0 Å². The lowest BCUT2D eigenvalue weighted by Gasteiger charge is -2.16. The number of anilines is 2. The summed E-state index contributed by atoms with van der Waals surface area (Å²) in [5.74, 6) is -0.497. The van der Waals surface area contributed by atoms with Crippen LogP contribution in [-0.4, -0.2) is 29.7 Å². The minimum atomic E-state index is -0.392. The maximum absolute atomic E-state index is 12.1. The van der Waals surface area contributed by atoms with Gasteiger partial charge in [-0.25, -0.2) is 0 Å². The fraction of sp³-hybridized carbons (Fsp3) is 0.421. The Kier molecular flexibility index (Phi) is 6.74. The van der Waals surface area contributed by atoms with Crippen LogP contribution < -0.4 is 10.2 Å². The summed E-state index contributed by atoms with van der Waals surface area (Å²) in [5.41, 5.74) is 1.31. The molecular weight excluding hydrogens is 318 g/mol. The molecule has 1 aliphatic heterocycles. The standard InChI is InChI=1S/C19H25N3O3/c1-2-3-4-5-6-7-18(24)21-14-8-10-15(11-9-14)22-13-17(23)16(12-20)19(22)25/h8-12,20,23H,2-7,13H2,1H3,(H,21,24). The van der Waals surface area contributed by atoms with Crippen LogP contribution in [0.15, 0.2) is 35.6 Å².